The van der Waals surface area contributed by atoms with Crippen molar-refractivity contribution in [2.75, 3.05) is 13.2 Å². The smallest absolute Gasteiger partial charge is 0.162 e. The molecule has 0 saturated heterocycles. The molecule has 0 aliphatic rings. The van der Waals surface area contributed by atoms with Crippen LogP contribution in [0.1, 0.15) is 27.7 Å². The first-order valence-electron chi connectivity index (χ1n) is 3.94. The van der Waals surface area contributed by atoms with E-state index in [1.807, 2.05) is 20.8 Å². The van der Waals surface area contributed by atoms with Crippen molar-refractivity contribution < 1.29 is 14.6 Å². The molecule has 0 aliphatic heterocycles. The highest BCUT2D eigenvalue weighted by atomic mass is 16.7. The van der Waals surface area contributed by atoms with Gasteiger partial charge in [-0.25, -0.2) is 0 Å². The van der Waals surface area contributed by atoms with Gasteiger partial charge < -0.3 is 14.6 Å². The number of aliphatic hydroxyl groups is 1. The van der Waals surface area contributed by atoms with Gasteiger partial charge in [0.25, 0.3) is 0 Å². The van der Waals surface area contributed by atoms with Crippen molar-refractivity contribution in [3.63, 3.8) is 0 Å². The lowest BCUT2D eigenvalue weighted by Gasteiger charge is -2.25. The van der Waals surface area contributed by atoms with E-state index in [9.17, 15) is 0 Å². The predicted octanol–water partition coefficient (Wildman–Crippen LogP) is 1.16. The Morgan fingerprint density at radius 1 is 1.36 bits per heavy atom. The molecule has 0 heterocycles. The predicted molar refractivity (Wildman–Crippen MR) is 43.3 cm³/mol. The van der Waals surface area contributed by atoms with E-state index >= 15 is 0 Å². The summed E-state index contributed by atoms with van der Waals surface area (Å²) in [5.41, 5.74) is 0. The Hall–Kier alpha value is -0.120. The topological polar surface area (TPSA) is 38.7 Å². The van der Waals surface area contributed by atoms with Crippen molar-refractivity contribution in [3.8, 4) is 0 Å². The van der Waals surface area contributed by atoms with Crippen LogP contribution >= 0.6 is 0 Å². The normalized spacial score (nSPS) is 15.0. The van der Waals surface area contributed by atoms with E-state index in [1.165, 1.54) is 0 Å². The second-order valence-corrected chi connectivity index (χ2v) is 2.99. The van der Waals surface area contributed by atoms with E-state index in [-0.39, 0.29) is 0 Å². The third-order valence-electron chi connectivity index (χ3n) is 1.16. The standard InChI is InChI=1S/C8H18O3/c1-5-10-8(3,4)11-6-7(2)9/h7,9H,5-6H2,1-4H3. The molecule has 11 heavy (non-hydrogen) atoms. The van der Waals surface area contributed by atoms with Gasteiger partial charge in [-0.3, -0.25) is 0 Å². The first kappa shape index (κ1) is 10.9. The lowest BCUT2D eigenvalue weighted by Crippen LogP contribution is -2.31. The van der Waals surface area contributed by atoms with E-state index in [0.29, 0.717) is 13.2 Å². The van der Waals surface area contributed by atoms with Crippen LogP contribution in [0.25, 0.3) is 0 Å². The zero-order valence-corrected chi connectivity index (χ0v) is 7.76. The van der Waals surface area contributed by atoms with Gasteiger partial charge in [0.2, 0.25) is 0 Å². The van der Waals surface area contributed by atoms with Gasteiger partial charge in [0.15, 0.2) is 5.79 Å². The minimum atomic E-state index is -0.578. The summed E-state index contributed by atoms with van der Waals surface area (Å²) in [6.45, 7) is 8.19. The van der Waals surface area contributed by atoms with Crippen molar-refractivity contribution in [2.24, 2.45) is 0 Å². The van der Waals surface area contributed by atoms with Gasteiger partial charge in [-0.2, -0.15) is 0 Å². The van der Waals surface area contributed by atoms with Gasteiger partial charge in [-0.05, 0) is 27.7 Å². The number of hydrogen-bond acceptors (Lipinski definition) is 3. The highest BCUT2D eigenvalue weighted by Crippen LogP contribution is 2.10. The van der Waals surface area contributed by atoms with E-state index in [0.717, 1.165) is 0 Å². The number of hydrogen-bond donors (Lipinski definition) is 1. The molecule has 0 fully saturated rings. The van der Waals surface area contributed by atoms with Crippen LogP contribution in [0.5, 0.6) is 0 Å². The maximum absolute atomic E-state index is 8.90. The van der Waals surface area contributed by atoms with E-state index in [4.69, 9.17) is 14.6 Å². The van der Waals surface area contributed by atoms with Gasteiger partial charge in [-0.15, -0.1) is 0 Å². The minimum absolute atomic E-state index is 0.312. The maximum atomic E-state index is 8.90. The molecule has 0 amide bonds. The lowest BCUT2D eigenvalue weighted by molar-refractivity contribution is -0.220. The SMILES string of the molecule is CCOC(C)(C)OCC(C)O. The maximum Gasteiger partial charge on any atom is 0.162 e. The Balaban J connectivity index is 3.54. The number of rotatable bonds is 5. The van der Waals surface area contributed by atoms with Crippen LogP contribution in [0.3, 0.4) is 0 Å². The third kappa shape index (κ3) is 6.28. The van der Waals surface area contributed by atoms with Crippen LogP contribution < -0.4 is 0 Å². The highest BCUT2D eigenvalue weighted by molar-refractivity contribution is 4.54. The zero-order valence-electron chi connectivity index (χ0n) is 7.76. The Bertz CT molecular complexity index is 99.5. The molecule has 0 bridgehead atoms. The molecule has 0 aromatic heterocycles. The van der Waals surface area contributed by atoms with Crippen molar-refractivity contribution in [1.29, 1.82) is 0 Å². The van der Waals surface area contributed by atoms with Gasteiger partial charge in [0, 0.05) is 6.61 Å². The highest BCUT2D eigenvalue weighted by Gasteiger charge is 2.18. The molecule has 3 nitrogen and oxygen atoms in total. The first-order valence-corrected chi connectivity index (χ1v) is 3.94. The lowest BCUT2D eigenvalue weighted by atomic mass is 10.3. The van der Waals surface area contributed by atoms with Crippen LogP contribution in [0, 0.1) is 0 Å². The minimum Gasteiger partial charge on any atom is -0.391 e. The van der Waals surface area contributed by atoms with E-state index in [2.05, 4.69) is 0 Å². The molecule has 1 atom stereocenters. The third-order valence-corrected chi connectivity index (χ3v) is 1.16. The van der Waals surface area contributed by atoms with E-state index in [1.54, 1.807) is 6.92 Å². The molecule has 0 aromatic carbocycles. The monoisotopic (exact) mass is 162 g/mol. The average Bonchev–Trinajstić information content (AvgIpc) is 1.84. The Labute approximate surface area is 68.3 Å². The molecular weight excluding hydrogens is 144 g/mol. The van der Waals surface area contributed by atoms with Crippen LogP contribution in [-0.2, 0) is 9.47 Å². The molecule has 1 unspecified atom stereocenters. The number of aliphatic hydroxyl groups excluding tert-OH is 1. The fraction of sp³-hybridized carbons (Fsp3) is 1.00. The summed E-state index contributed by atoms with van der Waals surface area (Å²) in [5.74, 6) is -0.578. The summed E-state index contributed by atoms with van der Waals surface area (Å²) in [5, 5.41) is 8.90. The Kier molecular flexibility index (Phi) is 4.65. The molecule has 0 radical (unpaired) electrons. The summed E-state index contributed by atoms with van der Waals surface area (Å²) < 4.78 is 10.5. The van der Waals surface area contributed by atoms with Crippen LogP contribution in [0.4, 0.5) is 0 Å². The molecule has 3 heteroatoms. The quantitative estimate of drug-likeness (QED) is 0.616. The second kappa shape index (κ2) is 4.70. The largest absolute Gasteiger partial charge is 0.391 e. The molecule has 0 saturated carbocycles. The molecule has 1 N–H and O–H groups in total. The van der Waals surface area contributed by atoms with Gasteiger partial charge in [0.1, 0.15) is 0 Å². The molecule has 0 aliphatic carbocycles. The fourth-order valence-corrected chi connectivity index (χ4v) is 0.711. The van der Waals surface area contributed by atoms with Crippen molar-refractivity contribution in [2.45, 2.75) is 39.6 Å². The first-order chi connectivity index (χ1) is 4.98. The van der Waals surface area contributed by atoms with Crippen molar-refractivity contribution in [1.82, 2.24) is 0 Å². The zero-order chi connectivity index (χ0) is 8.91. The summed E-state index contributed by atoms with van der Waals surface area (Å²) in [7, 11) is 0. The van der Waals surface area contributed by atoms with Crippen molar-refractivity contribution >= 4 is 0 Å². The van der Waals surface area contributed by atoms with Crippen LogP contribution in [-0.4, -0.2) is 30.2 Å². The molecular formula is C8H18O3. The number of ether oxygens (including phenoxy) is 2. The van der Waals surface area contributed by atoms with Gasteiger partial charge in [-0.1, -0.05) is 0 Å². The molecule has 0 spiro atoms. The average molecular weight is 162 g/mol. The van der Waals surface area contributed by atoms with Gasteiger partial charge in [0.05, 0.1) is 12.7 Å². The van der Waals surface area contributed by atoms with Crippen LogP contribution in [0.15, 0.2) is 0 Å². The molecule has 0 aromatic rings. The van der Waals surface area contributed by atoms with Gasteiger partial charge >= 0.3 is 0 Å². The Morgan fingerprint density at radius 2 is 1.91 bits per heavy atom. The summed E-state index contributed by atoms with van der Waals surface area (Å²) in [6.07, 6.45) is -0.435. The fourth-order valence-electron chi connectivity index (χ4n) is 0.711. The van der Waals surface area contributed by atoms with Crippen molar-refractivity contribution in [3.05, 3.63) is 0 Å². The van der Waals surface area contributed by atoms with Crippen LogP contribution in [0.2, 0.25) is 0 Å². The summed E-state index contributed by atoms with van der Waals surface area (Å²) >= 11 is 0. The molecule has 68 valence electrons. The Morgan fingerprint density at radius 3 is 2.27 bits per heavy atom. The summed E-state index contributed by atoms with van der Waals surface area (Å²) in [6, 6.07) is 0. The van der Waals surface area contributed by atoms with E-state index < -0.39 is 11.9 Å². The molecule has 0 rings (SSSR count). The summed E-state index contributed by atoms with van der Waals surface area (Å²) in [4.78, 5) is 0. The second-order valence-electron chi connectivity index (χ2n) is 2.99.